The predicted molar refractivity (Wildman–Crippen MR) is 110 cm³/mol. The van der Waals surface area contributed by atoms with Gasteiger partial charge in [0.25, 0.3) is 0 Å². The van der Waals surface area contributed by atoms with Gasteiger partial charge >= 0.3 is 23.9 Å². The second-order valence-electron chi connectivity index (χ2n) is 8.33. The lowest BCUT2D eigenvalue weighted by Crippen LogP contribution is -2.48. The molecule has 2 saturated heterocycles. The first-order valence-electron chi connectivity index (χ1n) is 10.4. The molecule has 9 nitrogen and oxygen atoms in total. The summed E-state index contributed by atoms with van der Waals surface area (Å²) in [6.07, 6.45) is 0.190. The molecule has 0 unspecified atom stereocenters. The highest BCUT2D eigenvalue weighted by atomic mass is 16.7. The number of fused-ring (bicyclic) bond motifs is 3. The van der Waals surface area contributed by atoms with E-state index in [1.165, 1.54) is 14.0 Å². The molecule has 3 rings (SSSR count). The zero-order valence-electron chi connectivity index (χ0n) is 18.8. The second kappa shape index (κ2) is 8.90. The molecule has 0 amide bonds. The fourth-order valence-corrected chi connectivity index (χ4v) is 4.21. The molecule has 0 radical (unpaired) electrons. The van der Waals surface area contributed by atoms with E-state index in [4.69, 9.17) is 23.7 Å². The standard InChI is InChI=1S/C23H28O9/c1-7-11(2)20(25)30-17-15-12(3)21(26)31-18(15)19-23(5,32-19)10-8-9-14(22(27)28-6)16(17)29-13(4)24/h7,9,15-19H,3,8,10H2,1-2,4-6H3/b11-7-,14-9?/t15-,16+,17+,18-,19+,23+/m0/s1. The molecule has 0 bridgehead atoms. The van der Waals surface area contributed by atoms with Gasteiger partial charge in [-0.25, -0.2) is 14.4 Å². The van der Waals surface area contributed by atoms with Crippen LogP contribution in [0.2, 0.25) is 0 Å². The summed E-state index contributed by atoms with van der Waals surface area (Å²) in [6.45, 7) is 10.1. The van der Waals surface area contributed by atoms with Crippen molar-refractivity contribution in [3.63, 3.8) is 0 Å². The molecule has 32 heavy (non-hydrogen) atoms. The molecular formula is C23H28O9. The molecule has 174 valence electrons. The van der Waals surface area contributed by atoms with E-state index in [0.717, 1.165) is 0 Å². The van der Waals surface area contributed by atoms with Crippen molar-refractivity contribution < 1.29 is 42.9 Å². The number of epoxide rings is 1. The van der Waals surface area contributed by atoms with E-state index >= 15 is 0 Å². The maximum absolute atomic E-state index is 12.8. The highest BCUT2D eigenvalue weighted by Crippen LogP contribution is 2.50. The van der Waals surface area contributed by atoms with Crippen LogP contribution in [0, 0.1) is 5.92 Å². The van der Waals surface area contributed by atoms with E-state index in [1.807, 2.05) is 6.92 Å². The van der Waals surface area contributed by atoms with Crippen molar-refractivity contribution in [1.82, 2.24) is 0 Å². The lowest BCUT2D eigenvalue weighted by Gasteiger charge is -2.33. The van der Waals surface area contributed by atoms with Gasteiger partial charge in [-0.15, -0.1) is 0 Å². The highest BCUT2D eigenvalue weighted by molar-refractivity contribution is 5.93. The number of hydrogen-bond donors (Lipinski definition) is 0. The first kappa shape index (κ1) is 23.7. The summed E-state index contributed by atoms with van der Waals surface area (Å²) >= 11 is 0. The lowest BCUT2D eigenvalue weighted by atomic mass is 9.80. The van der Waals surface area contributed by atoms with Crippen molar-refractivity contribution in [2.45, 2.75) is 70.6 Å². The van der Waals surface area contributed by atoms with E-state index in [0.29, 0.717) is 18.4 Å². The zero-order chi connectivity index (χ0) is 23.8. The number of methoxy groups -OCH3 is 1. The molecule has 0 spiro atoms. The van der Waals surface area contributed by atoms with Crippen molar-refractivity contribution in [2.24, 2.45) is 5.92 Å². The van der Waals surface area contributed by atoms with Crippen LogP contribution in [0.1, 0.15) is 40.5 Å². The maximum Gasteiger partial charge on any atom is 0.337 e. The molecule has 2 aliphatic heterocycles. The van der Waals surface area contributed by atoms with E-state index in [1.54, 1.807) is 26.0 Å². The minimum Gasteiger partial charge on any atom is -0.466 e. The van der Waals surface area contributed by atoms with Crippen molar-refractivity contribution >= 4 is 23.9 Å². The van der Waals surface area contributed by atoms with Gasteiger partial charge in [0.05, 0.1) is 24.2 Å². The van der Waals surface area contributed by atoms with Gasteiger partial charge in [-0.1, -0.05) is 18.7 Å². The summed E-state index contributed by atoms with van der Waals surface area (Å²) < 4.78 is 27.6. The Labute approximate surface area is 186 Å². The predicted octanol–water partition coefficient (Wildman–Crippen LogP) is 1.94. The molecule has 0 N–H and O–H groups in total. The number of ether oxygens (including phenoxy) is 5. The third kappa shape index (κ3) is 4.34. The molecule has 2 fully saturated rings. The first-order valence-corrected chi connectivity index (χ1v) is 10.4. The van der Waals surface area contributed by atoms with Gasteiger partial charge in [0.15, 0.2) is 12.2 Å². The summed E-state index contributed by atoms with van der Waals surface area (Å²) in [4.78, 5) is 49.9. The molecule has 6 atom stereocenters. The van der Waals surface area contributed by atoms with Crippen LogP contribution >= 0.6 is 0 Å². The van der Waals surface area contributed by atoms with Gasteiger partial charge in [-0.3, -0.25) is 4.79 Å². The molecular weight excluding hydrogens is 420 g/mol. The van der Waals surface area contributed by atoms with Crippen LogP contribution < -0.4 is 0 Å². The number of hydrogen-bond acceptors (Lipinski definition) is 9. The van der Waals surface area contributed by atoms with Crippen LogP contribution in [0.25, 0.3) is 0 Å². The molecule has 0 aromatic heterocycles. The molecule has 3 aliphatic rings. The van der Waals surface area contributed by atoms with E-state index in [2.05, 4.69) is 6.58 Å². The maximum atomic E-state index is 12.8. The first-order chi connectivity index (χ1) is 15.0. The minimum absolute atomic E-state index is 0.00669. The van der Waals surface area contributed by atoms with Crippen LogP contribution in [0.5, 0.6) is 0 Å². The number of carbonyl (C=O) groups is 4. The van der Waals surface area contributed by atoms with Gasteiger partial charge in [-0.05, 0) is 33.6 Å². The van der Waals surface area contributed by atoms with Crippen LogP contribution in [0.3, 0.4) is 0 Å². The Hall–Kier alpha value is -2.94. The second-order valence-corrected chi connectivity index (χ2v) is 8.33. The Bertz CT molecular complexity index is 914. The van der Waals surface area contributed by atoms with E-state index in [-0.39, 0.29) is 11.1 Å². The molecule has 2 heterocycles. The highest BCUT2D eigenvalue weighted by Gasteiger charge is 2.64. The normalized spacial score (nSPS) is 34.3. The minimum atomic E-state index is -1.34. The van der Waals surface area contributed by atoms with Gasteiger partial charge in [0.2, 0.25) is 0 Å². The summed E-state index contributed by atoms with van der Waals surface area (Å²) in [5.41, 5.74) is -0.238. The van der Waals surface area contributed by atoms with Crippen molar-refractivity contribution in [2.75, 3.05) is 7.11 Å². The number of esters is 4. The summed E-state index contributed by atoms with van der Waals surface area (Å²) in [7, 11) is 1.20. The van der Waals surface area contributed by atoms with Gasteiger partial charge in [-0.2, -0.15) is 0 Å². The largest absolute Gasteiger partial charge is 0.466 e. The van der Waals surface area contributed by atoms with Crippen LogP contribution in [0.15, 0.2) is 35.5 Å². The van der Waals surface area contributed by atoms with E-state index in [9.17, 15) is 19.2 Å². The third-order valence-corrected chi connectivity index (χ3v) is 6.18. The summed E-state index contributed by atoms with van der Waals surface area (Å²) in [6, 6.07) is 0. The summed E-state index contributed by atoms with van der Waals surface area (Å²) in [5, 5.41) is 0. The number of allylic oxidation sites excluding steroid dienone is 2. The van der Waals surface area contributed by atoms with Crippen molar-refractivity contribution in [1.29, 1.82) is 0 Å². The van der Waals surface area contributed by atoms with Crippen LogP contribution in [-0.4, -0.2) is 61.0 Å². The molecule has 9 heteroatoms. The SMILES string of the molecule is C=C1C(=O)O[C@H]2[C@@H]1[C@@H](OC(=O)/C(C)=C\C)[C@H](OC(C)=O)C(C(=O)OC)=CCC[C@@]1(C)O[C@H]21. The lowest BCUT2D eigenvalue weighted by molar-refractivity contribution is -0.168. The number of carbonyl (C=O) groups excluding carboxylic acids is 4. The Morgan fingerprint density at radius 1 is 1.25 bits per heavy atom. The van der Waals surface area contributed by atoms with Gasteiger partial charge in [0, 0.05) is 18.1 Å². The third-order valence-electron chi connectivity index (χ3n) is 6.18. The average molecular weight is 448 g/mol. The Kier molecular flexibility index (Phi) is 6.59. The Morgan fingerprint density at radius 3 is 2.53 bits per heavy atom. The number of rotatable bonds is 4. The average Bonchev–Trinajstić information content (AvgIpc) is 3.33. The van der Waals surface area contributed by atoms with Crippen LogP contribution in [0.4, 0.5) is 0 Å². The summed E-state index contributed by atoms with van der Waals surface area (Å²) in [5.74, 6) is -3.71. The quantitative estimate of drug-likeness (QED) is 0.275. The van der Waals surface area contributed by atoms with Crippen molar-refractivity contribution in [3.05, 3.63) is 35.5 Å². The van der Waals surface area contributed by atoms with Gasteiger partial charge < -0.3 is 23.7 Å². The topological polar surface area (TPSA) is 118 Å². The van der Waals surface area contributed by atoms with Crippen LogP contribution in [-0.2, 0) is 42.9 Å². The fraction of sp³-hybridized carbons (Fsp3) is 0.565. The molecule has 0 aromatic carbocycles. The van der Waals surface area contributed by atoms with E-state index < -0.39 is 59.8 Å². The molecule has 0 aromatic rings. The molecule has 0 saturated carbocycles. The smallest absolute Gasteiger partial charge is 0.337 e. The van der Waals surface area contributed by atoms with Gasteiger partial charge in [0.1, 0.15) is 12.2 Å². The molecule has 1 aliphatic carbocycles. The Morgan fingerprint density at radius 2 is 1.94 bits per heavy atom. The monoisotopic (exact) mass is 448 g/mol. The zero-order valence-corrected chi connectivity index (χ0v) is 18.8. The Balaban J connectivity index is 2.17. The fourth-order valence-electron chi connectivity index (χ4n) is 4.21. The van der Waals surface area contributed by atoms with Crippen molar-refractivity contribution in [3.8, 4) is 0 Å².